The highest BCUT2D eigenvalue weighted by atomic mass is 15.3. The molecule has 1 heterocycles. The minimum absolute atomic E-state index is 0.598. The van der Waals surface area contributed by atoms with Crippen molar-refractivity contribution in [2.45, 2.75) is 38.1 Å². The van der Waals surface area contributed by atoms with Crippen LogP contribution in [0.15, 0.2) is 0 Å². The largest absolute Gasteiger partial charge is 0.329 e. The molecule has 3 nitrogen and oxygen atoms in total. The van der Waals surface area contributed by atoms with Crippen LogP contribution in [0.4, 0.5) is 0 Å². The van der Waals surface area contributed by atoms with Gasteiger partial charge in [-0.1, -0.05) is 19.3 Å². The van der Waals surface area contributed by atoms with Crippen molar-refractivity contribution in [1.29, 1.82) is 0 Å². The first-order valence-corrected chi connectivity index (χ1v) is 6.92. The first-order valence-electron chi connectivity index (χ1n) is 6.92. The van der Waals surface area contributed by atoms with Crippen LogP contribution in [-0.2, 0) is 0 Å². The Balaban J connectivity index is 1.82. The van der Waals surface area contributed by atoms with Gasteiger partial charge in [-0.3, -0.25) is 4.90 Å². The van der Waals surface area contributed by atoms with Gasteiger partial charge < -0.3 is 10.6 Å². The fourth-order valence-electron chi connectivity index (χ4n) is 3.21. The summed E-state index contributed by atoms with van der Waals surface area (Å²) in [5.41, 5.74) is 5.89. The first kappa shape index (κ1) is 12.3. The van der Waals surface area contributed by atoms with E-state index in [0.717, 1.165) is 19.0 Å². The number of rotatable bonds is 3. The van der Waals surface area contributed by atoms with Gasteiger partial charge in [0, 0.05) is 38.8 Å². The molecule has 0 amide bonds. The predicted octanol–water partition coefficient (Wildman–Crippen LogP) is 1.14. The van der Waals surface area contributed by atoms with Gasteiger partial charge in [-0.25, -0.2) is 0 Å². The lowest BCUT2D eigenvalue weighted by Crippen LogP contribution is -2.55. The number of hydrogen-bond acceptors (Lipinski definition) is 3. The molecule has 1 atom stereocenters. The fraction of sp³-hybridized carbons (Fsp3) is 1.00. The lowest BCUT2D eigenvalue weighted by Gasteiger charge is -2.41. The third-order valence-electron chi connectivity index (χ3n) is 4.30. The normalized spacial score (nSPS) is 30.8. The summed E-state index contributed by atoms with van der Waals surface area (Å²) in [4.78, 5) is 5.06. The average molecular weight is 225 g/mol. The molecule has 0 spiro atoms. The predicted molar refractivity (Wildman–Crippen MR) is 68.5 cm³/mol. The maximum Gasteiger partial charge on any atom is 0.0346 e. The zero-order valence-corrected chi connectivity index (χ0v) is 10.7. The summed E-state index contributed by atoms with van der Waals surface area (Å²) >= 11 is 0. The zero-order chi connectivity index (χ0) is 11.4. The summed E-state index contributed by atoms with van der Waals surface area (Å²) in [6, 6.07) is 0.598. The molecule has 2 N–H and O–H groups in total. The maximum atomic E-state index is 5.89. The third kappa shape index (κ3) is 3.19. The number of nitrogens with two attached hydrogens (primary N) is 1. The minimum atomic E-state index is 0.598. The van der Waals surface area contributed by atoms with Crippen molar-refractivity contribution in [2.75, 3.05) is 39.8 Å². The Morgan fingerprint density at radius 2 is 1.88 bits per heavy atom. The van der Waals surface area contributed by atoms with E-state index in [-0.39, 0.29) is 0 Å². The van der Waals surface area contributed by atoms with Crippen molar-refractivity contribution < 1.29 is 0 Å². The summed E-state index contributed by atoms with van der Waals surface area (Å²) < 4.78 is 0. The van der Waals surface area contributed by atoms with Gasteiger partial charge in [0.15, 0.2) is 0 Å². The van der Waals surface area contributed by atoms with Gasteiger partial charge in [0.2, 0.25) is 0 Å². The van der Waals surface area contributed by atoms with Crippen molar-refractivity contribution in [1.82, 2.24) is 9.80 Å². The second-order valence-corrected chi connectivity index (χ2v) is 5.65. The summed E-state index contributed by atoms with van der Waals surface area (Å²) in [6.07, 6.45) is 7.25. The van der Waals surface area contributed by atoms with Gasteiger partial charge in [0.1, 0.15) is 0 Å². The standard InChI is InChI=1S/C13H27N3/c1-15-7-8-16(13(9-14)11-15)10-12-5-3-2-4-6-12/h12-13H,2-11,14H2,1H3. The number of likely N-dealkylation sites (N-methyl/N-ethyl adjacent to an activating group) is 1. The van der Waals surface area contributed by atoms with Gasteiger partial charge in [-0.2, -0.15) is 0 Å². The molecule has 16 heavy (non-hydrogen) atoms. The van der Waals surface area contributed by atoms with Crippen LogP contribution in [0.1, 0.15) is 32.1 Å². The summed E-state index contributed by atoms with van der Waals surface area (Å²) in [5, 5.41) is 0. The molecular formula is C13H27N3. The SMILES string of the molecule is CN1CCN(CC2CCCCC2)C(CN)C1. The van der Waals surface area contributed by atoms with Crippen LogP contribution < -0.4 is 5.73 Å². The molecule has 1 aliphatic heterocycles. The smallest absolute Gasteiger partial charge is 0.0346 e. The molecule has 2 fully saturated rings. The van der Waals surface area contributed by atoms with E-state index in [9.17, 15) is 0 Å². The van der Waals surface area contributed by atoms with Crippen LogP contribution in [0.5, 0.6) is 0 Å². The number of nitrogens with zero attached hydrogens (tertiary/aromatic N) is 2. The van der Waals surface area contributed by atoms with E-state index < -0.39 is 0 Å². The zero-order valence-electron chi connectivity index (χ0n) is 10.7. The van der Waals surface area contributed by atoms with Crippen molar-refractivity contribution in [3.63, 3.8) is 0 Å². The molecule has 2 aliphatic rings. The molecule has 1 unspecified atom stereocenters. The Kier molecular flexibility index (Phi) is 4.62. The highest BCUT2D eigenvalue weighted by Crippen LogP contribution is 2.25. The number of piperazine rings is 1. The Hall–Kier alpha value is -0.120. The maximum absolute atomic E-state index is 5.89. The molecule has 2 rings (SSSR count). The van der Waals surface area contributed by atoms with E-state index in [1.54, 1.807) is 0 Å². The first-order chi connectivity index (χ1) is 7.79. The van der Waals surface area contributed by atoms with Gasteiger partial charge >= 0.3 is 0 Å². The molecule has 0 bridgehead atoms. The van der Waals surface area contributed by atoms with Gasteiger partial charge in [-0.15, -0.1) is 0 Å². The summed E-state index contributed by atoms with van der Waals surface area (Å²) in [6.45, 7) is 5.70. The monoisotopic (exact) mass is 225 g/mol. The second kappa shape index (κ2) is 5.99. The van der Waals surface area contributed by atoms with Crippen LogP contribution in [0, 0.1) is 5.92 Å². The number of hydrogen-bond donors (Lipinski definition) is 1. The molecule has 1 aliphatic carbocycles. The highest BCUT2D eigenvalue weighted by molar-refractivity contribution is 4.83. The lowest BCUT2D eigenvalue weighted by atomic mass is 9.88. The molecule has 0 aromatic rings. The topological polar surface area (TPSA) is 32.5 Å². The molecule has 0 aromatic heterocycles. The van der Waals surface area contributed by atoms with Gasteiger partial charge in [0.25, 0.3) is 0 Å². The summed E-state index contributed by atoms with van der Waals surface area (Å²) in [7, 11) is 2.21. The van der Waals surface area contributed by atoms with E-state index >= 15 is 0 Å². The van der Waals surface area contributed by atoms with Crippen molar-refractivity contribution >= 4 is 0 Å². The second-order valence-electron chi connectivity index (χ2n) is 5.65. The fourth-order valence-corrected chi connectivity index (χ4v) is 3.21. The highest BCUT2D eigenvalue weighted by Gasteiger charge is 2.26. The van der Waals surface area contributed by atoms with Gasteiger partial charge in [0.05, 0.1) is 0 Å². The Labute approximate surface area is 100.0 Å². The quantitative estimate of drug-likeness (QED) is 0.782. The van der Waals surface area contributed by atoms with E-state index in [4.69, 9.17) is 5.73 Å². The molecular weight excluding hydrogens is 198 g/mol. The van der Waals surface area contributed by atoms with Crippen molar-refractivity contribution in [3.05, 3.63) is 0 Å². The van der Waals surface area contributed by atoms with Crippen LogP contribution >= 0.6 is 0 Å². The Morgan fingerprint density at radius 1 is 1.12 bits per heavy atom. The molecule has 1 saturated carbocycles. The van der Waals surface area contributed by atoms with Crippen molar-refractivity contribution in [2.24, 2.45) is 11.7 Å². The lowest BCUT2D eigenvalue weighted by molar-refractivity contribution is 0.0729. The molecule has 0 aromatic carbocycles. The molecule has 1 saturated heterocycles. The summed E-state index contributed by atoms with van der Waals surface area (Å²) in [5.74, 6) is 0.950. The third-order valence-corrected chi connectivity index (χ3v) is 4.30. The molecule has 0 radical (unpaired) electrons. The van der Waals surface area contributed by atoms with Crippen LogP contribution in [0.3, 0.4) is 0 Å². The molecule has 3 heteroatoms. The van der Waals surface area contributed by atoms with Crippen LogP contribution in [0.25, 0.3) is 0 Å². The van der Waals surface area contributed by atoms with E-state index in [1.807, 2.05) is 0 Å². The van der Waals surface area contributed by atoms with Gasteiger partial charge in [-0.05, 0) is 25.8 Å². The van der Waals surface area contributed by atoms with E-state index in [2.05, 4.69) is 16.8 Å². The van der Waals surface area contributed by atoms with Crippen LogP contribution in [-0.4, -0.2) is 55.6 Å². The Morgan fingerprint density at radius 3 is 2.56 bits per heavy atom. The van der Waals surface area contributed by atoms with E-state index in [0.29, 0.717) is 6.04 Å². The van der Waals surface area contributed by atoms with Crippen LogP contribution in [0.2, 0.25) is 0 Å². The average Bonchev–Trinajstić information content (AvgIpc) is 2.33. The Bertz CT molecular complexity index is 201. The molecule has 94 valence electrons. The minimum Gasteiger partial charge on any atom is -0.329 e. The van der Waals surface area contributed by atoms with E-state index in [1.165, 1.54) is 51.7 Å². The van der Waals surface area contributed by atoms with Crippen molar-refractivity contribution in [3.8, 4) is 0 Å².